The van der Waals surface area contributed by atoms with Gasteiger partial charge in [0.15, 0.2) is 0 Å². The van der Waals surface area contributed by atoms with Gasteiger partial charge in [-0.2, -0.15) is 4.98 Å². The summed E-state index contributed by atoms with van der Waals surface area (Å²) in [6.07, 6.45) is 0.557. The Morgan fingerprint density at radius 3 is 2.75 bits per heavy atom. The number of aryl methyl sites for hydroxylation is 1. The van der Waals surface area contributed by atoms with Gasteiger partial charge in [-0.15, -0.1) is 0 Å². The Morgan fingerprint density at radius 1 is 1.35 bits per heavy atom. The van der Waals surface area contributed by atoms with Crippen molar-refractivity contribution >= 4 is 28.9 Å². The van der Waals surface area contributed by atoms with Crippen LogP contribution in [0.3, 0.4) is 0 Å². The number of nitrogens with zero attached hydrogens (tertiary/aromatic N) is 3. The molecule has 1 aromatic heterocycles. The van der Waals surface area contributed by atoms with Gasteiger partial charge in [0.1, 0.15) is 11.0 Å². The normalized spacial score (nSPS) is 10.3. The smallest absolute Gasteiger partial charge is 0.313 e. The van der Waals surface area contributed by atoms with E-state index in [2.05, 4.69) is 9.97 Å². The minimum atomic E-state index is -0.579. The SMILES string of the molecule is CCc1nc(Cl)cc(Oc2c(Cl)cccc2[N+](=O)[O-])n1. The van der Waals surface area contributed by atoms with Gasteiger partial charge in [-0.3, -0.25) is 10.1 Å². The fraction of sp³-hybridized carbons (Fsp3) is 0.167. The predicted molar refractivity (Wildman–Crippen MR) is 74.6 cm³/mol. The summed E-state index contributed by atoms with van der Waals surface area (Å²) in [6.45, 7) is 1.85. The molecule has 0 spiro atoms. The highest BCUT2D eigenvalue weighted by atomic mass is 35.5. The standard InChI is InChI=1S/C12H9Cl2N3O3/c1-2-10-15-9(14)6-11(16-10)20-12-7(13)4-3-5-8(12)17(18)19/h3-6H,2H2,1H3. The first-order valence-corrected chi connectivity index (χ1v) is 6.41. The van der Waals surface area contributed by atoms with Crippen LogP contribution in [0.25, 0.3) is 0 Å². The van der Waals surface area contributed by atoms with E-state index in [4.69, 9.17) is 27.9 Å². The van der Waals surface area contributed by atoms with Crippen molar-refractivity contribution in [3.05, 3.63) is 50.4 Å². The fourth-order valence-corrected chi connectivity index (χ4v) is 1.90. The van der Waals surface area contributed by atoms with Crippen LogP contribution < -0.4 is 4.74 Å². The third kappa shape index (κ3) is 3.15. The second-order valence-corrected chi connectivity index (χ2v) is 4.54. The van der Waals surface area contributed by atoms with E-state index in [0.29, 0.717) is 12.2 Å². The van der Waals surface area contributed by atoms with Crippen molar-refractivity contribution in [2.24, 2.45) is 0 Å². The molecule has 0 fully saturated rings. The first kappa shape index (κ1) is 14.5. The van der Waals surface area contributed by atoms with Crippen LogP contribution in [0.1, 0.15) is 12.7 Å². The van der Waals surface area contributed by atoms with Gasteiger partial charge in [0.25, 0.3) is 0 Å². The van der Waals surface area contributed by atoms with Crippen molar-refractivity contribution < 1.29 is 9.66 Å². The molecule has 0 radical (unpaired) electrons. The number of rotatable bonds is 4. The first-order chi connectivity index (χ1) is 9.51. The van der Waals surface area contributed by atoms with Crippen LogP contribution in [0.15, 0.2) is 24.3 Å². The third-order valence-corrected chi connectivity index (χ3v) is 2.87. The van der Waals surface area contributed by atoms with E-state index < -0.39 is 4.92 Å². The number of ether oxygens (including phenoxy) is 1. The lowest BCUT2D eigenvalue weighted by molar-refractivity contribution is -0.385. The van der Waals surface area contributed by atoms with Crippen LogP contribution in [-0.4, -0.2) is 14.9 Å². The molecule has 0 saturated carbocycles. The molecule has 0 aliphatic carbocycles. The van der Waals surface area contributed by atoms with Gasteiger partial charge < -0.3 is 4.74 Å². The highest BCUT2D eigenvalue weighted by molar-refractivity contribution is 6.32. The van der Waals surface area contributed by atoms with Crippen LogP contribution in [0.2, 0.25) is 10.2 Å². The molecular weight excluding hydrogens is 305 g/mol. The summed E-state index contributed by atoms with van der Waals surface area (Å²) in [5, 5.41) is 11.3. The largest absolute Gasteiger partial charge is 0.430 e. The number of aromatic nitrogens is 2. The number of hydrogen-bond donors (Lipinski definition) is 0. The maximum absolute atomic E-state index is 11.0. The van der Waals surface area contributed by atoms with Gasteiger partial charge >= 0.3 is 5.69 Å². The average molecular weight is 314 g/mol. The predicted octanol–water partition coefficient (Wildman–Crippen LogP) is 4.05. The lowest BCUT2D eigenvalue weighted by atomic mass is 10.3. The molecule has 0 bridgehead atoms. The second-order valence-electron chi connectivity index (χ2n) is 3.75. The zero-order chi connectivity index (χ0) is 14.7. The minimum Gasteiger partial charge on any atom is -0.430 e. The van der Waals surface area contributed by atoms with Crippen LogP contribution in [0, 0.1) is 10.1 Å². The molecule has 20 heavy (non-hydrogen) atoms. The van der Waals surface area contributed by atoms with Crippen LogP contribution >= 0.6 is 23.2 Å². The van der Waals surface area contributed by atoms with E-state index in [1.54, 1.807) is 0 Å². The number of halogens is 2. The molecule has 0 N–H and O–H groups in total. The molecule has 0 unspecified atom stereocenters. The first-order valence-electron chi connectivity index (χ1n) is 5.65. The van der Waals surface area contributed by atoms with Crippen molar-refractivity contribution in [3.63, 3.8) is 0 Å². The summed E-state index contributed by atoms with van der Waals surface area (Å²) < 4.78 is 5.42. The van der Waals surface area contributed by atoms with E-state index in [-0.39, 0.29) is 27.5 Å². The quantitative estimate of drug-likeness (QED) is 0.483. The second kappa shape index (κ2) is 6.02. The van der Waals surface area contributed by atoms with Gasteiger partial charge in [-0.25, -0.2) is 4.98 Å². The number of hydrogen-bond acceptors (Lipinski definition) is 5. The van der Waals surface area contributed by atoms with Gasteiger partial charge in [0.05, 0.1) is 9.95 Å². The summed E-state index contributed by atoms with van der Waals surface area (Å²) in [7, 11) is 0. The Bertz CT molecular complexity index is 664. The zero-order valence-corrected chi connectivity index (χ0v) is 11.9. The number of benzene rings is 1. The van der Waals surface area contributed by atoms with Crippen molar-refractivity contribution in [3.8, 4) is 11.6 Å². The molecule has 2 rings (SSSR count). The maximum Gasteiger partial charge on any atom is 0.313 e. The molecule has 1 aromatic carbocycles. The van der Waals surface area contributed by atoms with Gasteiger partial charge in [-0.05, 0) is 6.07 Å². The topological polar surface area (TPSA) is 78.2 Å². The van der Waals surface area contributed by atoms with E-state index in [0.717, 1.165) is 0 Å². The zero-order valence-electron chi connectivity index (χ0n) is 10.3. The Kier molecular flexibility index (Phi) is 4.36. The van der Waals surface area contributed by atoms with Gasteiger partial charge in [0, 0.05) is 18.6 Å². The Hall–Kier alpha value is -1.92. The molecule has 0 aliphatic rings. The molecule has 6 nitrogen and oxygen atoms in total. The number of para-hydroxylation sites is 1. The Morgan fingerprint density at radius 2 is 2.10 bits per heavy atom. The summed E-state index contributed by atoms with van der Waals surface area (Å²) in [5.74, 6) is 0.510. The summed E-state index contributed by atoms with van der Waals surface area (Å²) in [4.78, 5) is 18.5. The van der Waals surface area contributed by atoms with Crippen molar-refractivity contribution in [2.45, 2.75) is 13.3 Å². The van der Waals surface area contributed by atoms with Crippen LogP contribution in [-0.2, 0) is 6.42 Å². The van der Waals surface area contributed by atoms with Crippen molar-refractivity contribution in [2.75, 3.05) is 0 Å². The monoisotopic (exact) mass is 313 g/mol. The number of nitro benzene ring substituents is 1. The molecule has 104 valence electrons. The molecule has 8 heteroatoms. The summed E-state index contributed by atoms with van der Waals surface area (Å²) in [6, 6.07) is 5.63. The van der Waals surface area contributed by atoms with Gasteiger partial charge in [-0.1, -0.05) is 36.2 Å². The van der Waals surface area contributed by atoms with E-state index in [1.807, 2.05) is 6.92 Å². The molecule has 0 aliphatic heterocycles. The molecule has 1 heterocycles. The Balaban J connectivity index is 2.44. The number of nitro groups is 1. The van der Waals surface area contributed by atoms with Gasteiger partial charge in [0.2, 0.25) is 11.6 Å². The molecular formula is C12H9Cl2N3O3. The third-order valence-electron chi connectivity index (χ3n) is 2.38. The summed E-state index contributed by atoms with van der Waals surface area (Å²) in [5.41, 5.74) is -0.245. The summed E-state index contributed by atoms with van der Waals surface area (Å²) >= 11 is 11.8. The lowest BCUT2D eigenvalue weighted by Gasteiger charge is -2.08. The average Bonchev–Trinajstić information content (AvgIpc) is 2.40. The highest BCUT2D eigenvalue weighted by Gasteiger charge is 2.20. The highest BCUT2D eigenvalue weighted by Crippen LogP contribution is 2.37. The van der Waals surface area contributed by atoms with E-state index in [1.165, 1.54) is 24.3 Å². The molecule has 2 aromatic rings. The van der Waals surface area contributed by atoms with Crippen molar-refractivity contribution in [1.29, 1.82) is 0 Å². The lowest BCUT2D eigenvalue weighted by Crippen LogP contribution is -1.99. The minimum absolute atomic E-state index is 0.0732. The van der Waals surface area contributed by atoms with Crippen LogP contribution in [0.5, 0.6) is 11.6 Å². The van der Waals surface area contributed by atoms with E-state index in [9.17, 15) is 10.1 Å². The molecule has 0 amide bonds. The maximum atomic E-state index is 11.0. The molecule has 0 atom stereocenters. The van der Waals surface area contributed by atoms with Crippen LogP contribution in [0.4, 0.5) is 5.69 Å². The van der Waals surface area contributed by atoms with E-state index >= 15 is 0 Å². The fourth-order valence-electron chi connectivity index (χ4n) is 1.50. The van der Waals surface area contributed by atoms with Crippen molar-refractivity contribution in [1.82, 2.24) is 9.97 Å². The molecule has 0 saturated heterocycles. The Labute approximate surface area is 124 Å².